The second-order valence-corrected chi connectivity index (χ2v) is 6.87. The molecule has 0 radical (unpaired) electrons. The van der Waals surface area contributed by atoms with Crippen molar-refractivity contribution in [1.29, 1.82) is 0 Å². The lowest BCUT2D eigenvalue weighted by Crippen LogP contribution is -2.28. The lowest BCUT2D eigenvalue weighted by molar-refractivity contribution is -0.117. The Bertz CT molecular complexity index is 650. The van der Waals surface area contributed by atoms with Gasteiger partial charge < -0.3 is 11.1 Å². The molecule has 1 saturated carbocycles. The van der Waals surface area contributed by atoms with E-state index in [0.717, 1.165) is 30.5 Å². The van der Waals surface area contributed by atoms with E-state index >= 15 is 0 Å². The van der Waals surface area contributed by atoms with Gasteiger partial charge in [0.2, 0.25) is 5.91 Å². The van der Waals surface area contributed by atoms with Crippen LogP contribution in [0.3, 0.4) is 0 Å². The molecule has 0 unspecified atom stereocenters. The molecule has 22 heavy (non-hydrogen) atoms. The smallest absolute Gasteiger partial charge is 0.226 e. The number of carbonyl (C=O) groups is 1. The van der Waals surface area contributed by atoms with Gasteiger partial charge in [0.25, 0.3) is 0 Å². The first-order valence-electron chi connectivity index (χ1n) is 7.70. The van der Waals surface area contributed by atoms with Gasteiger partial charge >= 0.3 is 0 Å². The van der Waals surface area contributed by atoms with Crippen LogP contribution in [0.25, 0.3) is 11.3 Å². The van der Waals surface area contributed by atoms with E-state index in [4.69, 9.17) is 5.73 Å². The molecule has 1 aliphatic carbocycles. The Hall–Kier alpha value is -1.72. The highest BCUT2D eigenvalue weighted by Gasteiger charge is 2.26. The minimum atomic E-state index is 0.0205. The summed E-state index contributed by atoms with van der Waals surface area (Å²) >= 11 is 1.46. The zero-order valence-corrected chi connectivity index (χ0v) is 13.5. The fourth-order valence-electron chi connectivity index (χ4n) is 2.92. The van der Waals surface area contributed by atoms with E-state index in [1.165, 1.54) is 16.9 Å². The Morgan fingerprint density at radius 1 is 1.36 bits per heavy atom. The zero-order chi connectivity index (χ0) is 15.5. The molecule has 1 amide bonds. The average molecular weight is 315 g/mol. The van der Waals surface area contributed by atoms with Crippen molar-refractivity contribution in [3.63, 3.8) is 0 Å². The van der Waals surface area contributed by atoms with Crippen LogP contribution in [-0.4, -0.2) is 16.9 Å². The quantitative estimate of drug-likeness (QED) is 0.906. The van der Waals surface area contributed by atoms with E-state index < -0.39 is 0 Å². The topological polar surface area (TPSA) is 68.0 Å². The number of nitrogens with two attached hydrogens (primary N) is 1. The molecule has 4 nitrogen and oxygen atoms in total. The average Bonchev–Trinajstić information content (AvgIpc) is 3.10. The normalized spacial score (nSPS) is 21.0. The molecule has 3 rings (SSSR count). The highest BCUT2D eigenvalue weighted by molar-refractivity contribution is 7.14. The lowest BCUT2D eigenvalue weighted by atomic mass is 10.00. The maximum atomic E-state index is 12.1. The van der Waals surface area contributed by atoms with Crippen LogP contribution in [0.5, 0.6) is 0 Å². The predicted molar refractivity (Wildman–Crippen MR) is 90.9 cm³/mol. The second-order valence-electron chi connectivity index (χ2n) is 6.01. The minimum absolute atomic E-state index is 0.0205. The number of carbonyl (C=O) groups excluding carboxylic acids is 1. The maximum absolute atomic E-state index is 12.1. The van der Waals surface area contributed by atoms with Crippen LogP contribution in [0.15, 0.2) is 29.6 Å². The van der Waals surface area contributed by atoms with Gasteiger partial charge in [0.1, 0.15) is 0 Å². The molecule has 1 aliphatic rings. The number of amides is 1. The maximum Gasteiger partial charge on any atom is 0.226 e. The van der Waals surface area contributed by atoms with E-state index in [9.17, 15) is 4.79 Å². The summed E-state index contributed by atoms with van der Waals surface area (Å²) in [4.78, 5) is 16.6. The SMILES string of the molecule is Cc1ccc(-c2csc(NC(=O)C[C@@H]3CCC[C@H]3N)n2)cc1. The number of hydrogen-bond donors (Lipinski definition) is 2. The molecule has 1 fully saturated rings. The van der Waals surface area contributed by atoms with E-state index in [0.29, 0.717) is 17.5 Å². The molecule has 116 valence electrons. The Morgan fingerprint density at radius 3 is 2.82 bits per heavy atom. The van der Waals surface area contributed by atoms with Crippen molar-refractivity contribution in [2.24, 2.45) is 11.7 Å². The first-order valence-corrected chi connectivity index (χ1v) is 8.58. The van der Waals surface area contributed by atoms with Crippen LogP contribution in [-0.2, 0) is 4.79 Å². The van der Waals surface area contributed by atoms with Crippen molar-refractivity contribution in [3.8, 4) is 11.3 Å². The van der Waals surface area contributed by atoms with Crippen LogP contribution in [0.1, 0.15) is 31.2 Å². The van der Waals surface area contributed by atoms with Crippen LogP contribution < -0.4 is 11.1 Å². The van der Waals surface area contributed by atoms with Crippen LogP contribution in [0.2, 0.25) is 0 Å². The third-order valence-electron chi connectivity index (χ3n) is 4.26. The molecular formula is C17H21N3OS. The number of nitrogens with one attached hydrogen (secondary N) is 1. The number of aryl methyl sites for hydroxylation is 1. The summed E-state index contributed by atoms with van der Waals surface area (Å²) in [5.41, 5.74) is 9.21. The van der Waals surface area contributed by atoms with Gasteiger partial charge in [0, 0.05) is 23.4 Å². The molecule has 3 N–H and O–H groups in total. The molecule has 5 heteroatoms. The summed E-state index contributed by atoms with van der Waals surface area (Å²) in [6.45, 7) is 2.06. The van der Waals surface area contributed by atoms with Crippen molar-refractivity contribution in [2.45, 2.75) is 38.6 Å². The van der Waals surface area contributed by atoms with Crippen molar-refractivity contribution >= 4 is 22.4 Å². The fourth-order valence-corrected chi connectivity index (χ4v) is 3.65. The molecule has 0 spiro atoms. The molecular weight excluding hydrogens is 294 g/mol. The van der Waals surface area contributed by atoms with Gasteiger partial charge in [-0.05, 0) is 25.7 Å². The first-order chi connectivity index (χ1) is 10.6. The molecule has 0 bridgehead atoms. The molecule has 2 atom stereocenters. The van der Waals surface area contributed by atoms with Gasteiger partial charge in [-0.1, -0.05) is 36.2 Å². The number of thiazole rings is 1. The van der Waals surface area contributed by atoms with E-state index in [-0.39, 0.29) is 11.9 Å². The number of benzene rings is 1. The summed E-state index contributed by atoms with van der Waals surface area (Å²) in [6.07, 6.45) is 3.72. The first kappa shape index (κ1) is 15.2. The van der Waals surface area contributed by atoms with E-state index in [1.807, 2.05) is 17.5 Å². The predicted octanol–water partition coefficient (Wildman–Crippen LogP) is 3.57. The molecule has 0 aliphatic heterocycles. The van der Waals surface area contributed by atoms with Gasteiger partial charge in [0.15, 0.2) is 5.13 Å². The third kappa shape index (κ3) is 3.54. The van der Waals surface area contributed by atoms with Gasteiger partial charge in [-0.25, -0.2) is 4.98 Å². The number of nitrogens with zero attached hydrogens (tertiary/aromatic N) is 1. The van der Waals surface area contributed by atoms with Crippen molar-refractivity contribution in [1.82, 2.24) is 4.98 Å². The van der Waals surface area contributed by atoms with E-state index in [1.54, 1.807) is 0 Å². The summed E-state index contributed by atoms with van der Waals surface area (Å²) < 4.78 is 0. The summed E-state index contributed by atoms with van der Waals surface area (Å²) in [5.74, 6) is 0.337. The molecule has 2 aromatic rings. The van der Waals surface area contributed by atoms with Gasteiger partial charge in [-0.2, -0.15) is 0 Å². The molecule has 1 aromatic carbocycles. The Morgan fingerprint density at radius 2 is 2.14 bits per heavy atom. The highest BCUT2D eigenvalue weighted by atomic mass is 32.1. The lowest BCUT2D eigenvalue weighted by Gasteiger charge is -2.13. The Labute approximate surface area is 134 Å². The molecule has 0 saturated heterocycles. The Kier molecular flexibility index (Phi) is 4.55. The van der Waals surface area contributed by atoms with Crippen molar-refractivity contribution in [3.05, 3.63) is 35.2 Å². The fraction of sp³-hybridized carbons (Fsp3) is 0.412. The Balaban J connectivity index is 1.61. The number of anilines is 1. The largest absolute Gasteiger partial charge is 0.327 e. The summed E-state index contributed by atoms with van der Waals surface area (Å²) in [7, 11) is 0. The monoisotopic (exact) mass is 315 g/mol. The van der Waals surface area contributed by atoms with Crippen molar-refractivity contribution in [2.75, 3.05) is 5.32 Å². The number of rotatable bonds is 4. The van der Waals surface area contributed by atoms with E-state index in [2.05, 4.69) is 29.4 Å². The molecule has 1 aromatic heterocycles. The van der Waals surface area contributed by atoms with Crippen LogP contribution >= 0.6 is 11.3 Å². The minimum Gasteiger partial charge on any atom is -0.327 e. The van der Waals surface area contributed by atoms with Crippen LogP contribution in [0, 0.1) is 12.8 Å². The number of hydrogen-bond acceptors (Lipinski definition) is 4. The van der Waals surface area contributed by atoms with Crippen molar-refractivity contribution < 1.29 is 4.79 Å². The summed E-state index contributed by atoms with van der Waals surface area (Å²) in [5, 5.41) is 5.54. The second kappa shape index (κ2) is 6.58. The summed E-state index contributed by atoms with van der Waals surface area (Å²) in [6, 6.07) is 8.40. The number of aromatic nitrogens is 1. The van der Waals surface area contributed by atoms with Gasteiger partial charge in [-0.3, -0.25) is 4.79 Å². The molecule has 1 heterocycles. The van der Waals surface area contributed by atoms with Gasteiger partial charge in [0.05, 0.1) is 5.69 Å². The van der Waals surface area contributed by atoms with Gasteiger partial charge in [-0.15, -0.1) is 11.3 Å². The highest BCUT2D eigenvalue weighted by Crippen LogP contribution is 2.28. The zero-order valence-electron chi connectivity index (χ0n) is 12.7. The van der Waals surface area contributed by atoms with Crippen LogP contribution in [0.4, 0.5) is 5.13 Å². The standard InChI is InChI=1S/C17H21N3OS/c1-11-5-7-12(8-6-11)15-10-22-17(19-15)20-16(21)9-13-3-2-4-14(13)18/h5-8,10,13-14H,2-4,9,18H2,1H3,(H,19,20,21)/t13-,14+/m0/s1. The third-order valence-corrected chi connectivity index (χ3v) is 5.02.